The van der Waals surface area contributed by atoms with Gasteiger partial charge in [0, 0.05) is 51.3 Å². The smallest absolute Gasteiger partial charge is 0.223 e. The van der Waals surface area contributed by atoms with E-state index in [1.165, 1.54) is 4.31 Å². The average Bonchev–Trinajstić information content (AvgIpc) is 2.86. The van der Waals surface area contributed by atoms with Crippen LogP contribution in [-0.2, 0) is 27.8 Å². The Labute approximate surface area is 196 Å². The van der Waals surface area contributed by atoms with Crippen LogP contribution in [0.25, 0.3) is 0 Å². The van der Waals surface area contributed by atoms with E-state index in [2.05, 4.69) is 5.32 Å². The molecule has 1 aliphatic heterocycles. The standard InChI is InChI=1S/C24H33N3O5S/c1-31-22-10-7-20(8-11-22)9-12-24(28)26(19-21-5-3-4-6-23(21)32-2)17-18-33(29,30)27-15-13-25-14-16-27/h3-8,10-11,25H,9,12-19H2,1-2H3. The number of benzene rings is 2. The van der Waals surface area contributed by atoms with Gasteiger partial charge in [-0.15, -0.1) is 0 Å². The third kappa shape index (κ3) is 7.18. The number of nitrogens with zero attached hydrogens (tertiary/aromatic N) is 2. The molecule has 1 amide bonds. The van der Waals surface area contributed by atoms with Crippen LogP contribution in [0.15, 0.2) is 48.5 Å². The molecular weight excluding hydrogens is 442 g/mol. The molecule has 1 aliphatic rings. The molecule has 0 saturated carbocycles. The monoisotopic (exact) mass is 475 g/mol. The number of aryl methyl sites for hydroxylation is 1. The van der Waals surface area contributed by atoms with E-state index in [0.29, 0.717) is 44.9 Å². The van der Waals surface area contributed by atoms with Gasteiger partial charge in [0.1, 0.15) is 11.5 Å². The van der Waals surface area contributed by atoms with Crippen LogP contribution >= 0.6 is 0 Å². The molecule has 1 saturated heterocycles. The first-order chi connectivity index (χ1) is 15.9. The first-order valence-electron chi connectivity index (χ1n) is 11.1. The number of carbonyl (C=O) groups is 1. The zero-order chi connectivity index (χ0) is 23.7. The first-order valence-corrected chi connectivity index (χ1v) is 12.7. The molecule has 33 heavy (non-hydrogen) atoms. The van der Waals surface area contributed by atoms with Crippen molar-refractivity contribution in [3.63, 3.8) is 0 Å². The minimum absolute atomic E-state index is 0.0905. The topological polar surface area (TPSA) is 88.2 Å². The lowest BCUT2D eigenvalue weighted by Crippen LogP contribution is -2.48. The van der Waals surface area contributed by atoms with Crippen molar-refractivity contribution in [2.24, 2.45) is 0 Å². The molecule has 0 aromatic heterocycles. The van der Waals surface area contributed by atoms with E-state index in [1.54, 1.807) is 19.1 Å². The van der Waals surface area contributed by atoms with Crippen molar-refractivity contribution in [1.82, 2.24) is 14.5 Å². The van der Waals surface area contributed by atoms with Crippen molar-refractivity contribution in [3.05, 3.63) is 59.7 Å². The minimum atomic E-state index is -3.44. The summed E-state index contributed by atoms with van der Waals surface area (Å²) in [6.07, 6.45) is 0.852. The minimum Gasteiger partial charge on any atom is -0.497 e. The fourth-order valence-corrected chi connectivity index (χ4v) is 5.26. The molecular formula is C24H33N3O5S. The van der Waals surface area contributed by atoms with Crippen LogP contribution in [0.5, 0.6) is 11.5 Å². The molecule has 0 atom stereocenters. The molecule has 0 spiro atoms. The van der Waals surface area contributed by atoms with Crippen LogP contribution in [0.1, 0.15) is 17.5 Å². The van der Waals surface area contributed by atoms with E-state index < -0.39 is 10.0 Å². The van der Waals surface area contributed by atoms with Gasteiger partial charge in [-0.05, 0) is 30.2 Å². The van der Waals surface area contributed by atoms with E-state index in [-0.39, 0.29) is 24.6 Å². The molecule has 0 bridgehead atoms. The van der Waals surface area contributed by atoms with Crippen LogP contribution in [0.3, 0.4) is 0 Å². The Kier molecular flexibility index (Phi) is 9.11. The number of amides is 1. The quantitative estimate of drug-likeness (QED) is 0.534. The zero-order valence-electron chi connectivity index (χ0n) is 19.3. The third-order valence-electron chi connectivity index (χ3n) is 5.78. The summed E-state index contributed by atoms with van der Waals surface area (Å²) in [6.45, 7) is 2.63. The maximum atomic E-state index is 13.2. The van der Waals surface area contributed by atoms with Crippen LogP contribution in [0.4, 0.5) is 0 Å². The van der Waals surface area contributed by atoms with E-state index >= 15 is 0 Å². The molecule has 3 rings (SSSR count). The van der Waals surface area contributed by atoms with Gasteiger partial charge in [-0.3, -0.25) is 4.79 Å². The van der Waals surface area contributed by atoms with E-state index in [1.807, 2.05) is 48.5 Å². The van der Waals surface area contributed by atoms with Crippen LogP contribution < -0.4 is 14.8 Å². The van der Waals surface area contributed by atoms with Gasteiger partial charge in [-0.1, -0.05) is 30.3 Å². The molecule has 0 unspecified atom stereocenters. The van der Waals surface area contributed by atoms with Crippen molar-refractivity contribution >= 4 is 15.9 Å². The van der Waals surface area contributed by atoms with Gasteiger partial charge >= 0.3 is 0 Å². The Morgan fingerprint density at radius 1 is 1.03 bits per heavy atom. The Bertz CT molecular complexity index is 1010. The van der Waals surface area contributed by atoms with E-state index in [0.717, 1.165) is 16.9 Å². The molecule has 0 radical (unpaired) electrons. The predicted octanol–water partition coefficient (Wildman–Crippen LogP) is 1.90. The Balaban J connectivity index is 1.70. The maximum Gasteiger partial charge on any atom is 0.223 e. The van der Waals surface area contributed by atoms with Gasteiger partial charge in [-0.25, -0.2) is 8.42 Å². The fourth-order valence-electron chi connectivity index (χ4n) is 3.81. The van der Waals surface area contributed by atoms with Gasteiger partial charge < -0.3 is 19.7 Å². The van der Waals surface area contributed by atoms with Crippen LogP contribution in [0, 0.1) is 0 Å². The Morgan fingerprint density at radius 2 is 1.73 bits per heavy atom. The van der Waals surface area contributed by atoms with Crippen LogP contribution in [0.2, 0.25) is 0 Å². The summed E-state index contributed by atoms with van der Waals surface area (Å²) in [5, 5.41) is 3.16. The summed E-state index contributed by atoms with van der Waals surface area (Å²) in [7, 11) is -0.240. The van der Waals surface area contributed by atoms with Crippen molar-refractivity contribution < 1.29 is 22.7 Å². The molecule has 8 nitrogen and oxygen atoms in total. The normalized spacial score (nSPS) is 14.6. The molecule has 1 fully saturated rings. The SMILES string of the molecule is COc1ccc(CCC(=O)N(CCS(=O)(=O)N2CCNCC2)Cc2ccccc2OC)cc1. The highest BCUT2D eigenvalue weighted by atomic mass is 32.2. The fraction of sp³-hybridized carbons (Fsp3) is 0.458. The number of methoxy groups -OCH3 is 2. The van der Waals surface area contributed by atoms with Crippen molar-refractivity contribution in [1.29, 1.82) is 0 Å². The Hall–Kier alpha value is -2.62. The number of carbonyl (C=O) groups excluding carboxylic acids is 1. The maximum absolute atomic E-state index is 13.2. The summed E-state index contributed by atoms with van der Waals surface area (Å²) < 4.78 is 37.8. The highest BCUT2D eigenvalue weighted by molar-refractivity contribution is 7.89. The lowest BCUT2D eigenvalue weighted by Gasteiger charge is -2.29. The summed E-state index contributed by atoms with van der Waals surface area (Å²) in [4.78, 5) is 14.8. The van der Waals surface area contributed by atoms with Gasteiger partial charge in [0.2, 0.25) is 15.9 Å². The van der Waals surface area contributed by atoms with E-state index in [4.69, 9.17) is 9.47 Å². The highest BCUT2D eigenvalue weighted by Crippen LogP contribution is 2.20. The molecule has 180 valence electrons. The van der Waals surface area contributed by atoms with Crippen LogP contribution in [-0.4, -0.2) is 76.2 Å². The average molecular weight is 476 g/mol. The number of sulfonamides is 1. The molecule has 0 aliphatic carbocycles. The molecule has 2 aromatic rings. The summed E-state index contributed by atoms with van der Waals surface area (Å²) in [6, 6.07) is 15.1. The van der Waals surface area contributed by atoms with E-state index in [9.17, 15) is 13.2 Å². The summed E-state index contributed by atoms with van der Waals surface area (Å²) >= 11 is 0. The van der Waals surface area contributed by atoms with Gasteiger partial charge in [-0.2, -0.15) is 4.31 Å². The number of para-hydroxylation sites is 1. The molecule has 9 heteroatoms. The molecule has 2 aromatic carbocycles. The first kappa shape index (κ1) is 25.0. The van der Waals surface area contributed by atoms with Crippen molar-refractivity contribution in [3.8, 4) is 11.5 Å². The lowest BCUT2D eigenvalue weighted by molar-refractivity contribution is -0.131. The number of nitrogens with one attached hydrogen (secondary N) is 1. The number of rotatable bonds is 11. The molecule has 1 heterocycles. The molecule has 1 N–H and O–H groups in total. The number of hydrogen-bond acceptors (Lipinski definition) is 6. The number of hydrogen-bond donors (Lipinski definition) is 1. The zero-order valence-corrected chi connectivity index (χ0v) is 20.1. The van der Waals surface area contributed by atoms with Crippen molar-refractivity contribution in [2.75, 3.05) is 52.7 Å². The second kappa shape index (κ2) is 12.0. The summed E-state index contributed by atoms with van der Waals surface area (Å²) in [5.41, 5.74) is 1.87. The largest absolute Gasteiger partial charge is 0.497 e. The second-order valence-electron chi connectivity index (χ2n) is 7.94. The number of ether oxygens (including phenoxy) is 2. The predicted molar refractivity (Wildman–Crippen MR) is 128 cm³/mol. The number of piperazine rings is 1. The third-order valence-corrected chi connectivity index (χ3v) is 7.63. The second-order valence-corrected chi connectivity index (χ2v) is 10.0. The van der Waals surface area contributed by atoms with Gasteiger partial charge in [0.05, 0.1) is 20.0 Å². The highest BCUT2D eigenvalue weighted by Gasteiger charge is 2.26. The Morgan fingerprint density at radius 3 is 2.39 bits per heavy atom. The lowest BCUT2D eigenvalue weighted by atomic mass is 10.1. The van der Waals surface area contributed by atoms with Gasteiger partial charge in [0.15, 0.2) is 0 Å². The van der Waals surface area contributed by atoms with Gasteiger partial charge in [0.25, 0.3) is 0 Å². The summed E-state index contributed by atoms with van der Waals surface area (Å²) in [5.74, 6) is 1.25. The van der Waals surface area contributed by atoms with Crippen molar-refractivity contribution in [2.45, 2.75) is 19.4 Å².